The number of ether oxygens (including phenoxy) is 2. The monoisotopic (exact) mass is 477 g/mol. The van der Waals surface area contributed by atoms with E-state index in [-0.39, 0.29) is 30.7 Å². The fourth-order valence-electron chi connectivity index (χ4n) is 5.76. The third-order valence-electron chi connectivity index (χ3n) is 7.47. The lowest BCUT2D eigenvalue weighted by Crippen LogP contribution is -2.48. The molecular formula is C27H31N3O5. The summed E-state index contributed by atoms with van der Waals surface area (Å²) in [7, 11) is 3.33. The van der Waals surface area contributed by atoms with Crippen LogP contribution in [0, 0.1) is 0 Å². The van der Waals surface area contributed by atoms with Crippen LogP contribution in [0.2, 0.25) is 0 Å². The number of hydrogen-bond acceptors (Lipinski definition) is 5. The maximum absolute atomic E-state index is 14.3. The molecule has 2 aromatic rings. The average molecular weight is 478 g/mol. The largest absolute Gasteiger partial charge is 0.494 e. The summed E-state index contributed by atoms with van der Waals surface area (Å²) in [6.45, 7) is 1.74. The summed E-state index contributed by atoms with van der Waals surface area (Å²) in [6.07, 6.45) is 1.39. The number of likely N-dealkylation sites (N-methyl/N-ethyl adjacent to an activating group) is 1. The number of rotatable bonds is 3. The number of anilines is 1. The Morgan fingerprint density at radius 3 is 2.80 bits per heavy atom. The van der Waals surface area contributed by atoms with Crippen LogP contribution in [0.3, 0.4) is 0 Å². The number of para-hydroxylation sites is 1. The lowest BCUT2D eigenvalue weighted by atomic mass is 9.72. The Hall–Kier alpha value is -3.39. The molecule has 0 unspecified atom stereocenters. The molecule has 3 amide bonds. The van der Waals surface area contributed by atoms with Gasteiger partial charge in [0.15, 0.2) is 0 Å². The molecule has 2 aromatic carbocycles. The molecule has 1 saturated heterocycles. The van der Waals surface area contributed by atoms with Crippen molar-refractivity contribution in [1.82, 2.24) is 9.80 Å². The molecule has 0 saturated carbocycles. The standard InChI is InChI=1S/C27H31N3O5/c1-28-13-6-15-35-20-8-5-7-19(17-20)25-27(12-14-29(25)23(31)11-16-34-2)21-9-3-4-10-22(21)30(26(27)33)18-24(28)32/h3-5,7-10,17,25H,6,11-16,18H2,1-2H3/t25-,27+/m0/s1. The number of hydrogen-bond donors (Lipinski definition) is 0. The number of methoxy groups -OCH3 is 1. The highest BCUT2D eigenvalue weighted by molar-refractivity contribution is 6.12. The minimum absolute atomic E-state index is 0.0284. The van der Waals surface area contributed by atoms with Crippen molar-refractivity contribution in [2.24, 2.45) is 0 Å². The molecule has 3 aliphatic heterocycles. The van der Waals surface area contributed by atoms with Gasteiger partial charge in [-0.05, 0) is 42.2 Å². The van der Waals surface area contributed by atoms with Gasteiger partial charge in [0, 0.05) is 32.9 Å². The fourth-order valence-corrected chi connectivity index (χ4v) is 5.76. The Kier molecular flexibility index (Phi) is 6.23. The predicted molar refractivity (Wildman–Crippen MR) is 130 cm³/mol. The van der Waals surface area contributed by atoms with Crippen LogP contribution in [0.5, 0.6) is 5.75 Å². The molecule has 0 radical (unpaired) electrons. The summed E-state index contributed by atoms with van der Waals surface area (Å²) >= 11 is 0. The lowest BCUT2D eigenvalue weighted by Gasteiger charge is -2.35. The molecular weight excluding hydrogens is 446 g/mol. The van der Waals surface area contributed by atoms with Crippen LogP contribution >= 0.6 is 0 Å². The summed E-state index contributed by atoms with van der Waals surface area (Å²) in [5.74, 6) is 0.385. The SMILES string of the molecule is COCCC(=O)N1CC[C@]23C(=O)N(CC(=O)N(C)CCCOc4cccc(c4)[C@H]12)c1ccccc13. The fraction of sp³-hybridized carbons (Fsp3) is 0.444. The lowest BCUT2D eigenvalue weighted by molar-refractivity contribution is -0.135. The minimum atomic E-state index is -0.971. The second-order valence-corrected chi connectivity index (χ2v) is 9.45. The Morgan fingerprint density at radius 2 is 1.97 bits per heavy atom. The maximum Gasteiger partial charge on any atom is 0.242 e. The van der Waals surface area contributed by atoms with Gasteiger partial charge in [0.2, 0.25) is 17.7 Å². The first-order valence-corrected chi connectivity index (χ1v) is 12.1. The number of amides is 3. The first-order valence-electron chi connectivity index (χ1n) is 12.1. The molecule has 3 heterocycles. The highest BCUT2D eigenvalue weighted by atomic mass is 16.5. The smallest absolute Gasteiger partial charge is 0.242 e. The molecule has 184 valence electrons. The van der Waals surface area contributed by atoms with E-state index in [1.165, 1.54) is 0 Å². The molecule has 5 rings (SSSR count). The molecule has 0 aliphatic carbocycles. The third-order valence-corrected chi connectivity index (χ3v) is 7.47. The maximum atomic E-state index is 14.3. The Labute approximate surface area is 205 Å². The molecule has 1 spiro atoms. The highest BCUT2D eigenvalue weighted by Crippen LogP contribution is 2.56. The summed E-state index contributed by atoms with van der Waals surface area (Å²) in [5, 5.41) is 0. The zero-order valence-electron chi connectivity index (χ0n) is 20.2. The van der Waals surface area contributed by atoms with Gasteiger partial charge >= 0.3 is 0 Å². The molecule has 35 heavy (non-hydrogen) atoms. The normalized spacial score (nSPS) is 24.1. The van der Waals surface area contributed by atoms with Crippen molar-refractivity contribution >= 4 is 23.4 Å². The Bertz CT molecular complexity index is 1150. The van der Waals surface area contributed by atoms with Gasteiger partial charge < -0.3 is 24.2 Å². The number of benzene rings is 2. The Balaban J connectivity index is 1.68. The van der Waals surface area contributed by atoms with Crippen LogP contribution in [-0.2, 0) is 24.5 Å². The van der Waals surface area contributed by atoms with Crippen LogP contribution in [0.4, 0.5) is 5.69 Å². The van der Waals surface area contributed by atoms with Crippen molar-refractivity contribution in [3.05, 3.63) is 59.7 Å². The topological polar surface area (TPSA) is 79.4 Å². The second kappa shape index (κ2) is 9.34. The summed E-state index contributed by atoms with van der Waals surface area (Å²) in [4.78, 5) is 45.8. The number of likely N-dealkylation sites (tertiary alicyclic amines) is 1. The van der Waals surface area contributed by atoms with Crippen molar-refractivity contribution in [1.29, 1.82) is 0 Å². The van der Waals surface area contributed by atoms with Crippen molar-refractivity contribution < 1.29 is 23.9 Å². The van der Waals surface area contributed by atoms with Crippen LogP contribution in [0.25, 0.3) is 0 Å². The number of fused-ring (bicyclic) bond motifs is 6. The molecule has 1 fully saturated rings. The molecule has 8 nitrogen and oxygen atoms in total. The quantitative estimate of drug-likeness (QED) is 0.679. The molecule has 4 bridgehead atoms. The zero-order valence-corrected chi connectivity index (χ0v) is 20.2. The van der Waals surface area contributed by atoms with Gasteiger partial charge in [0.05, 0.1) is 25.7 Å². The van der Waals surface area contributed by atoms with Crippen molar-refractivity contribution in [3.8, 4) is 5.75 Å². The van der Waals surface area contributed by atoms with E-state index in [4.69, 9.17) is 9.47 Å². The summed E-state index contributed by atoms with van der Waals surface area (Å²) in [5.41, 5.74) is 1.50. The second-order valence-electron chi connectivity index (χ2n) is 9.45. The van der Waals surface area contributed by atoms with Crippen molar-refractivity contribution in [2.75, 3.05) is 51.9 Å². The van der Waals surface area contributed by atoms with Crippen LogP contribution < -0.4 is 9.64 Å². The van der Waals surface area contributed by atoms with Gasteiger partial charge in [-0.25, -0.2) is 0 Å². The summed E-state index contributed by atoms with van der Waals surface area (Å²) in [6, 6.07) is 14.9. The third kappa shape index (κ3) is 3.86. The van der Waals surface area contributed by atoms with Gasteiger partial charge in [-0.15, -0.1) is 0 Å². The van der Waals surface area contributed by atoms with Crippen molar-refractivity contribution in [3.63, 3.8) is 0 Å². The average Bonchev–Trinajstić information content (AvgIpc) is 3.38. The Morgan fingerprint density at radius 1 is 1.14 bits per heavy atom. The van der Waals surface area contributed by atoms with Crippen LogP contribution in [0.1, 0.15) is 36.4 Å². The van der Waals surface area contributed by atoms with Gasteiger partial charge in [-0.1, -0.05) is 30.3 Å². The molecule has 0 N–H and O–H groups in total. The van der Waals surface area contributed by atoms with Gasteiger partial charge in [-0.2, -0.15) is 0 Å². The van der Waals surface area contributed by atoms with Crippen molar-refractivity contribution in [2.45, 2.75) is 30.7 Å². The first-order chi connectivity index (χ1) is 17.0. The molecule has 2 atom stereocenters. The zero-order chi connectivity index (χ0) is 24.6. The minimum Gasteiger partial charge on any atom is -0.494 e. The molecule has 0 aromatic heterocycles. The summed E-state index contributed by atoms with van der Waals surface area (Å²) < 4.78 is 11.2. The van der Waals surface area contributed by atoms with E-state index in [1.54, 1.807) is 24.0 Å². The van der Waals surface area contributed by atoms with Gasteiger partial charge in [-0.3, -0.25) is 14.4 Å². The van der Waals surface area contributed by atoms with Gasteiger partial charge in [0.25, 0.3) is 0 Å². The van der Waals surface area contributed by atoms with Crippen LogP contribution in [-0.4, -0.2) is 74.5 Å². The number of carbonyl (C=O) groups is 3. The molecule has 3 aliphatic rings. The molecule has 8 heteroatoms. The first kappa shape index (κ1) is 23.4. The van der Waals surface area contributed by atoms with E-state index >= 15 is 0 Å². The van der Waals surface area contributed by atoms with E-state index < -0.39 is 11.5 Å². The van der Waals surface area contributed by atoms with Crippen LogP contribution in [0.15, 0.2) is 48.5 Å². The van der Waals surface area contributed by atoms with E-state index in [0.29, 0.717) is 44.9 Å². The van der Waals surface area contributed by atoms with E-state index in [9.17, 15) is 14.4 Å². The van der Waals surface area contributed by atoms with E-state index in [2.05, 4.69) is 0 Å². The number of carbonyl (C=O) groups excluding carboxylic acids is 3. The highest BCUT2D eigenvalue weighted by Gasteiger charge is 2.61. The van der Waals surface area contributed by atoms with Gasteiger partial charge in [0.1, 0.15) is 17.7 Å². The van der Waals surface area contributed by atoms with E-state index in [1.807, 2.05) is 53.4 Å². The van der Waals surface area contributed by atoms with E-state index in [0.717, 1.165) is 16.8 Å². The number of nitrogens with zero attached hydrogens (tertiary/aromatic N) is 3. The predicted octanol–water partition coefficient (Wildman–Crippen LogP) is 2.52.